The van der Waals surface area contributed by atoms with Crippen molar-refractivity contribution in [3.05, 3.63) is 28.2 Å². The third kappa shape index (κ3) is 2.59. The summed E-state index contributed by atoms with van der Waals surface area (Å²) in [7, 11) is 0. The van der Waals surface area contributed by atoms with Gasteiger partial charge < -0.3 is 10.4 Å². The van der Waals surface area contributed by atoms with Gasteiger partial charge in [0, 0.05) is 10.5 Å². The second-order valence-electron chi connectivity index (χ2n) is 5.11. The molecule has 1 aromatic carbocycles. The summed E-state index contributed by atoms with van der Waals surface area (Å²) in [5.41, 5.74) is 0.457. The summed E-state index contributed by atoms with van der Waals surface area (Å²) in [6, 6.07) is 7.37. The van der Waals surface area contributed by atoms with E-state index in [0.717, 1.165) is 17.3 Å². The molecule has 1 aliphatic carbocycles. The van der Waals surface area contributed by atoms with Crippen LogP contribution in [0.3, 0.4) is 0 Å². The van der Waals surface area contributed by atoms with E-state index >= 15 is 0 Å². The molecule has 0 saturated heterocycles. The summed E-state index contributed by atoms with van der Waals surface area (Å²) >= 11 is 3.32. The van der Waals surface area contributed by atoms with Gasteiger partial charge >= 0.3 is 5.97 Å². The molecule has 2 rings (SSSR count). The number of nitrogens with one attached hydrogen (secondary N) is 1. The van der Waals surface area contributed by atoms with Crippen molar-refractivity contribution in [2.24, 2.45) is 5.41 Å². The van der Waals surface area contributed by atoms with E-state index in [4.69, 9.17) is 5.26 Å². The van der Waals surface area contributed by atoms with Crippen molar-refractivity contribution in [1.82, 2.24) is 0 Å². The lowest BCUT2D eigenvalue weighted by Crippen LogP contribution is -2.40. The third-order valence-corrected chi connectivity index (χ3v) is 4.37. The van der Waals surface area contributed by atoms with Gasteiger partial charge in [0.25, 0.3) is 0 Å². The van der Waals surface area contributed by atoms with Crippen molar-refractivity contribution in [2.45, 2.75) is 32.2 Å². The molecule has 100 valence electrons. The van der Waals surface area contributed by atoms with Gasteiger partial charge in [0.15, 0.2) is 0 Å². The maximum Gasteiger partial charge on any atom is 0.311 e. The van der Waals surface area contributed by atoms with Crippen LogP contribution in [0.1, 0.15) is 31.7 Å². The van der Waals surface area contributed by atoms with Gasteiger partial charge in [0.1, 0.15) is 6.07 Å². The number of hydrogen-bond acceptors (Lipinski definition) is 3. The third-order valence-electron chi connectivity index (χ3n) is 3.88. The Hall–Kier alpha value is -1.54. The Morgan fingerprint density at radius 2 is 2.37 bits per heavy atom. The minimum Gasteiger partial charge on any atom is -0.481 e. The molecule has 1 aromatic rings. The van der Waals surface area contributed by atoms with Crippen molar-refractivity contribution < 1.29 is 9.90 Å². The van der Waals surface area contributed by atoms with Gasteiger partial charge in [-0.25, -0.2) is 0 Å². The molecule has 2 unspecified atom stereocenters. The molecule has 2 atom stereocenters. The van der Waals surface area contributed by atoms with E-state index in [1.807, 2.05) is 12.1 Å². The normalized spacial score (nSPS) is 25.8. The summed E-state index contributed by atoms with van der Waals surface area (Å²) in [5, 5.41) is 21.7. The van der Waals surface area contributed by atoms with E-state index in [-0.39, 0.29) is 6.04 Å². The highest BCUT2D eigenvalue weighted by Crippen LogP contribution is 2.40. The van der Waals surface area contributed by atoms with E-state index in [0.29, 0.717) is 17.7 Å². The smallest absolute Gasteiger partial charge is 0.311 e. The molecule has 1 fully saturated rings. The fraction of sp³-hybridized carbons (Fsp3) is 0.429. The minimum absolute atomic E-state index is 0.140. The Kier molecular flexibility index (Phi) is 3.81. The molecule has 0 bridgehead atoms. The monoisotopic (exact) mass is 322 g/mol. The highest BCUT2D eigenvalue weighted by atomic mass is 79.9. The molecule has 0 heterocycles. The summed E-state index contributed by atoms with van der Waals surface area (Å²) in [6.45, 7) is 1.77. The molecule has 1 saturated carbocycles. The number of carbonyl (C=O) groups is 1. The second kappa shape index (κ2) is 5.22. The van der Waals surface area contributed by atoms with Gasteiger partial charge in [0.05, 0.1) is 16.7 Å². The van der Waals surface area contributed by atoms with Crippen molar-refractivity contribution in [3.63, 3.8) is 0 Å². The quantitative estimate of drug-likeness (QED) is 0.894. The number of carboxylic acids is 1. The summed E-state index contributed by atoms with van der Waals surface area (Å²) < 4.78 is 0.835. The van der Waals surface area contributed by atoms with Crippen molar-refractivity contribution in [3.8, 4) is 6.07 Å². The predicted molar refractivity (Wildman–Crippen MR) is 75.9 cm³/mol. The van der Waals surface area contributed by atoms with E-state index in [1.54, 1.807) is 13.0 Å². The van der Waals surface area contributed by atoms with Crippen LogP contribution in [0.15, 0.2) is 22.7 Å². The van der Waals surface area contributed by atoms with E-state index in [1.165, 1.54) is 0 Å². The van der Waals surface area contributed by atoms with Crippen molar-refractivity contribution in [1.29, 1.82) is 5.26 Å². The first-order valence-electron chi connectivity index (χ1n) is 6.17. The first kappa shape index (κ1) is 13.9. The number of anilines is 1. The zero-order valence-corrected chi connectivity index (χ0v) is 12.2. The van der Waals surface area contributed by atoms with Crippen LogP contribution < -0.4 is 5.32 Å². The van der Waals surface area contributed by atoms with E-state index in [9.17, 15) is 9.90 Å². The van der Waals surface area contributed by atoms with Crippen LogP contribution in [0.5, 0.6) is 0 Å². The molecule has 5 heteroatoms. The summed E-state index contributed by atoms with van der Waals surface area (Å²) in [6.07, 6.45) is 2.36. The summed E-state index contributed by atoms with van der Waals surface area (Å²) in [4.78, 5) is 11.4. The molecule has 0 aromatic heterocycles. The van der Waals surface area contributed by atoms with Crippen molar-refractivity contribution >= 4 is 27.6 Å². The Morgan fingerprint density at radius 3 is 3.00 bits per heavy atom. The molecule has 0 amide bonds. The number of hydrogen-bond donors (Lipinski definition) is 2. The van der Waals surface area contributed by atoms with Crippen LogP contribution in [0, 0.1) is 16.7 Å². The van der Waals surface area contributed by atoms with E-state index < -0.39 is 11.4 Å². The van der Waals surface area contributed by atoms with Gasteiger partial charge in [-0.05, 0) is 38.0 Å². The molecular weight excluding hydrogens is 308 g/mol. The average molecular weight is 323 g/mol. The number of halogens is 1. The van der Waals surface area contributed by atoms with Crippen LogP contribution in [-0.2, 0) is 4.79 Å². The van der Waals surface area contributed by atoms with Gasteiger partial charge in [0.2, 0.25) is 0 Å². The molecular formula is C14H15BrN2O2. The average Bonchev–Trinajstić information content (AvgIpc) is 2.74. The maximum absolute atomic E-state index is 11.4. The lowest BCUT2D eigenvalue weighted by molar-refractivity contribution is -0.147. The molecule has 0 aliphatic heterocycles. The Balaban J connectivity index is 2.27. The lowest BCUT2D eigenvalue weighted by Gasteiger charge is -2.28. The topological polar surface area (TPSA) is 73.1 Å². The Bertz CT molecular complexity index is 553. The largest absolute Gasteiger partial charge is 0.481 e. The highest BCUT2D eigenvalue weighted by Gasteiger charge is 2.45. The minimum atomic E-state index is -0.780. The maximum atomic E-state index is 11.4. The molecule has 19 heavy (non-hydrogen) atoms. The molecule has 4 nitrogen and oxygen atoms in total. The van der Waals surface area contributed by atoms with Crippen LogP contribution in [-0.4, -0.2) is 17.1 Å². The molecule has 0 radical (unpaired) electrons. The second-order valence-corrected chi connectivity index (χ2v) is 6.03. The Labute approximate surface area is 120 Å². The van der Waals surface area contributed by atoms with Crippen LogP contribution >= 0.6 is 15.9 Å². The number of benzene rings is 1. The first-order chi connectivity index (χ1) is 8.97. The van der Waals surface area contributed by atoms with Gasteiger partial charge in [-0.3, -0.25) is 4.79 Å². The standard InChI is InChI=1S/C14H15BrN2O2/c1-14(13(18)19)6-2-3-12(14)17-11-5-4-10(15)7-9(11)8-16/h4-5,7,12,17H,2-3,6H2,1H3,(H,18,19). The number of nitrogens with zero attached hydrogens (tertiary/aromatic N) is 1. The zero-order chi connectivity index (χ0) is 14.0. The van der Waals surface area contributed by atoms with Gasteiger partial charge in [-0.15, -0.1) is 0 Å². The van der Waals surface area contributed by atoms with Crippen LogP contribution in [0.4, 0.5) is 5.69 Å². The SMILES string of the molecule is CC1(C(=O)O)CCCC1Nc1ccc(Br)cc1C#N. The number of rotatable bonds is 3. The zero-order valence-electron chi connectivity index (χ0n) is 10.6. The first-order valence-corrected chi connectivity index (χ1v) is 6.96. The number of aliphatic carboxylic acids is 1. The fourth-order valence-corrected chi connectivity index (χ4v) is 2.94. The molecule has 2 N–H and O–H groups in total. The number of nitriles is 1. The fourth-order valence-electron chi connectivity index (χ4n) is 2.58. The molecule has 1 aliphatic rings. The van der Waals surface area contributed by atoms with Crippen LogP contribution in [0.2, 0.25) is 0 Å². The van der Waals surface area contributed by atoms with Gasteiger partial charge in [-0.1, -0.05) is 22.4 Å². The van der Waals surface area contributed by atoms with Gasteiger partial charge in [-0.2, -0.15) is 5.26 Å². The predicted octanol–water partition coefficient (Wildman–Crippen LogP) is 3.38. The Morgan fingerprint density at radius 1 is 1.63 bits per heavy atom. The molecule has 0 spiro atoms. The summed E-state index contributed by atoms with van der Waals surface area (Å²) in [5.74, 6) is -0.780. The van der Waals surface area contributed by atoms with E-state index in [2.05, 4.69) is 27.3 Å². The van der Waals surface area contributed by atoms with Crippen LogP contribution in [0.25, 0.3) is 0 Å². The highest BCUT2D eigenvalue weighted by molar-refractivity contribution is 9.10. The lowest BCUT2D eigenvalue weighted by atomic mass is 9.84. The number of carboxylic acid groups (broad SMARTS) is 1. The van der Waals surface area contributed by atoms with Crippen molar-refractivity contribution in [2.75, 3.05) is 5.32 Å².